The minimum Gasteiger partial charge on any atom is -0.454 e. The molecule has 1 N–H and O–H groups in total. The summed E-state index contributed by atoms with van der Waals surface area (Å²) in [7, 11) is 0. The predicted octanol–water partition coefficient (Wildman–Crippen LogP) is 3.43. The number of fused-ring (bicyclic) bond motifs is 2. The molecule has 10 heteroatoms. The Morgan fingerprint density at radius 1 is 1.29 bits per heavy atom. The van der Waals surface area contributed by atoms with Gasteiger partial charge in [-0.25, -0.2) is 4.98 Å². The first kappa shape index (κ1) is 18.1. The van der Waals surface area contributed by atoms with Crippen molar-refractivity contribution in [2.75, 3.05) is 12.5 Å². The van der Waals surface area contributed by atoms with Gasteiger partial charge in [0.05, 0.1) is 16.7 Å². The van der Waals surface area contributed by atoms with Crippen molar-refractivity contribution in [2.45, 2.75) is 18.2 Å². The molecular weight excluding hydrogens is 386 g/mol. The molecule has 2 aromatic carbocycles. The summed E-state index contributed by atoms with van der Waals surface area (Å²) in [4.78, 5) is 26.8. The van der Waals surface area contributed by atoms with Crippen LogP contribution in [0.3, 0.4) is 0 Å². The van der Waals surface area contributed by atoms with E-state index in [1.54, 1.807) is 0 Å². The van der Waals surface area contributed by atoms with Crippen molar-refractivity contribution >= 4 is 34.5 Å². The quantitative estimate of drug-likeness (QED) is 0.379. The van der Waals surface area contributed by atoms with Gasteiger partial charge < -0.3 is 19.2 Å². The molecule has 3 aromatic rings. The van der Waals surface area contributed by atoms with Crippen LogP contribution < -0.4 is 14.8 Å². The van der Waals surface area contributed by atoms with E-state index in [0.29, 0.717) is 22.6 Å². The second kappa shape index (κ2) is 7.39. The van der Waals surface area contributed by atoms with E-state index >= 15 is 0 Å². The summed E-state index contributed by atoms with van der Waals surface area (Å²) in [5.41, 5.74) is 1.65. The molecule has 0 bridgehead atoms. The van der Waals surface area contributed by atoms with E-state index in [2.05, 4.69) is 10.3 Å². The SMILES string of the molecule is CC(NC(=O)CSc1nc2cc([N+](=O)[O-])ccc2o1)c1ccc2c(c1)OCO2. The molecule has 4 rings (SSSR count). The highest BCUT2D eigenvalue weighted by Crippen LogP contribution is 2.34. The molecule has 144 valence electrons. The third-order valence-electron chi connectivity index (χ3n) is 4.16. The number of carbonyl (C=O) groups excluding carboxylic acids is 1. The van der Waals surface area contributed by atoms with Gasteiger partial charge in [0.15, 0.2) is 17.1 Å². The summed E-state index contributed by atoms with van der Waals surface area (Å²) < 4.78 is 16.1. The van der Waals surface area contributed by atoms with Crippen molar-refractivity contribution in [2.24, 2.45) is 0 Å². The maximum absolute atomic E-state index is 12.2. The molecule has 0 saturated carbocycles. The maximum Gasteiger partial charge on any atom is 0.271 e. The van der Waals surface area contributed by atoms with Crippen molar-refractivity contribution in [3.63, 3.8) is 0 Å². The smallest absolute Gasteiger partial charge is 0.271 e. The highest BCUT2D eigenvalue weighted by atomic mass is 32.2. The monoisotopic (exact) mass is 401 g/mol. The largest absolute Gasteiger partial charge is 0.454 e. The minimum absolute atomic E-state index is 0.0624. The van der Waals surface area contributed by atoms with Crippen LogP contribution in [0.15, 0.2) is 46.0 Å². The zero-order valence-electron chi connectivity index (χ0n) is 14.7. The van der Waals surface area contributed by atoms with E-state index in [9.17, 15) is 14.9 Å². The number of amides is 1. The molecule has 1 amide bonds. The summed E-state index contributed by atoms with van der Waals surface area (Å²) in [6.07, 6.45) is 0. The number of nitrogens with one attached hydrogen (secondary N) is 1. The molecule has 1 atom stereocenters. The van der Waals surface area contributed by atoms with Crippen LogP contribution in [0.25, 0.3) is 11.1 Å². The number of hydrogen-bond acceptors (Lipinski definition) is 8. The number of thioether (sulfide) groups is 1. The zero-order chi connectivity index (χ0) is 19.7. The summed E-state index contributed by atoms with van der Waals surface area (Å²) in [6, 6.07) is 9.49. The van der Waals surface area contributed by atoms with Gasteiger partial charge >= 0.3 is 0 Å². The topological polar surface area (TPSA) is 117 Å². The van der Waals surface area contributed by atoms with E-state index in [1.165, 1.54) is 18.2 Å². The van der Waals surface area contributed by atoms with Crippen LogP contribution in [-0.2, 0) is 4.79 Å². The fourth-order valence-corrected chi connectivity index (χ4v) is 3.40. The average Bonchev–Trinajstić information content (AvgIpc) is 3.31. The van der Waals surface area contributed by atoms with E-state index in [-0.39, 0.29) is 35.4 Å². The molecule has 9 nitrogen and oxygen atoms in total. The number of nitro benzene ring substituents is 1. The van der Waals surface area contributed by atoms with Gasteiger partial charge in [-0.2, -0.15) is 0 Å². The highest BCUT2D eigenvalue weighted by Gasteiger charge is 2.18. The van der Waals surface area contributed by atoms with E-state index in [1.807, 2.05) is 25.1 Å². The van der Waals surface area contributed by atoms with Crippen LogP contribution in [0, 0.1) is 10.1 Å². The molecule has 1 aliphatic heterocycles. The third kappa shape index (κ3) is 3.72. The van der Waals surface area contributed by atoms with Crippen molar-refractivity contribution < 1.29 is 23.6 Å². The molecule has 0 saturated heterocycles. The predicted molar refractivity (Wildman–Crippen MR) is 101 cm³/mol. The molecule has 0 radical (unpaired) electrons. The Balaban J connectivity index is 1.36. The molecule has 1 unspecified atom stereocenters. The lowest BCUT2D eigenvalue weighted by Gasteiger charge is -2.14. The summed E-state index contributed by atoms with van der Waals surface area (Å²) >= 11 is 1.12. The molecule has 28 heavy (non-hydrogen) atoms. The van der Waals surface area contributed by atoms with Gasteiger partial charge in [0, 0.05) is 12.1 Å². The molecular formula is C18H15N3O6S. The van der Waals surface area contributed by atoms with Crippen molar-refractivity contribution in [1.82, 2.24) is 10.3 Å². The molecule has 0 fully saturated rings. The average molecular weight is 401 g/mol. The Labute approximate surface area is 163 Å². The number of nitro groups is 1. The Morgan fingerprint density at radius 3 is 2.93 bits per heavy atom. The first-order valence-corrected chi connectivity index (χ1v) is 9.35. The summed E-state index contributed by atoms with van der Waals surface area (Å²) in [5.74, 6) is 1.26. The fourth-order valence-electron chi connectivity index (χ4n) is 2.75. The first-order valence-electron chi connectivity index (χ1n) is 8.36. The number of benzene rings is 2. The standard InChI is InChI=1S/C18H15N3O6S/c1-10(11-2-4-15-16(6-11)26-9-25-15)19-17(22)8-28-18-20-13-7-12(21(23)24)3-5-14(13)27-18/h2-7,10H,8-9H2,1H3,(H,19,22). The summed E-state index contributed by atoms with van der Waals surface area (Å²) in [6.45, 7) is 2.07. The second-order valence-corrected chi connectivity index (χ2v) is 7.01. The number of nitrogens with zero attached hydrogens (tertiary/aromatic N) is 2. The second-order valence-electron chi connectivity index (χ2n) is 6.08. The van der Waals surface area contributed by atoms with Crippen LogP contribution >= 0.6 is 11.8 Å². The fraction of sp³-hybridized carbons (Fsp3) is 0.222. The molecule has 1 aromatic heterocycles. The van der Waals surface area contributed by atoms with Gasteiger partial charge in [-0.1, -0.05) is 17.8 Å². The third-order valence-corrected chi connectivity index (χ3v) is 4.99. The number of ether oxygens (including phenoxy) is 2. The number of hydrogen-bond donors (Lipinski definition) is 1. The van der Waals surface area contributed by atoms with Gasteiger partial charge in [-0.3, -0.25) is 14.9 Å². The van der Waals surface area contributed by atoms with Gasteiger partial charge in [0.1, 0.15) is 5.52 Å². The number of rotatable bonds is 6. The van der Waals surface area contributed by atoms with Gasteiger partial charge in [0.25, 0.3) is 10.9 Å². The van der Waals surface area contributed by atoms with Gasteiger partial charge in [-0.15, -0.1) is 0 Å². The van der Waals surface area contributed by atoms with Crippen LogP contribution in [0.2, 0.25) is 0 Å². The van der Waals surface area contributed by atoms with Crippen molar-refractivity contribution in [3.05, 3.63) is 52.1 Å². The number of non-ortho nitro benzene ring substituents is 1. The normalized spacial score (nSPS) is 13.5. The molecule has 0 aliphatic carbocycles. The Hall–Kier alpha value is -3.27. The van der Waals surface area contributed by atoms with Crippen LogP contribution in [0.4, 0.5) is 5.69 Å². The minimum atomic E-state index is -0.494. The number of oxazole rings is 1. The van der Waals surface area contributed by atoms with Crippen molar-refractivity contribution in [3.8, 4) is 11.5 Å². The van der Waals surface area contributed by atoms with E-state index in [4.69, 9.17) is 13.9 Å². The summed E-state index contributed by atoms with van der Waals surface area (Å²) in [5, 5.41) is 14.0. The highest BCUT2D eigenvalue weighted by molar-refractivity contribution is 7.99. The Kier molecular flexibility index (Phi) is 4.78. The number of aromatic nitrogens is 1. The maximum atomic E-state index is 12.2. The number of carbonyl (C=O) groups is 1. The Bertz CT molecular complexity index is 1070. The lowest BCUT2D eigenvalue weighted by atomic mass is 10.1. The van der Waals surface area contributed by atoms with Crippen LogP contribution in [0.1, 0.15) is 18.5 Å². The van der Waals surface area contributed by atoms with Crippen LogP contribution in [0.5, 0.6) is 11.5 Å². The first-order chi connectivity index (χ1) is 13.5. The van der Waals surface area contributed by atoms with E-state index in [0.717, 1.165) is 17.3 Å². The van der Waals surface area contributed by atoms with Crippen molar-refractivity contribution in [1.29, 1.82) is 0 Å². The lowest BCUT2D eigenvalue weighted by Crippen LogP contribution is -2.28. The Morgan fingerprint density at radius 2 is 2.11 bits per heavy atom. The van der Waals surface area contributed by atoms with Gasteiger partial charge in [-0.05, 0) is 30.7 Å². The lowest BCUT2D eigenvalue weighted by molar-refractivity contribution is -0.384. The molecule has 0 spiro atoms. The van der Waals surface area contributed by atoms with Gasteiger partial charge in [0.2, 0.25) is 12.7 Å². The van der Waals surface area contributed by atoms with Crippen LogP contribution in [-0.4, -0.2) is 28.4 Å². The molecule has 1 aliphatic rings. The zero-order valence-corrected chi connectivity index (χ0v) is 15.5. The molecule has 2 heterocycles. The van der Waals surface area contributed by atoms with E-state index < -0.39 is 4.92 Å².